The highest BCUT2D eigenvalue weighted by Crippen LogP contribution is 2.40. The van der Waals surface area contributed by atoms with E-state index in [1.54, 1.807) is 23.0 Å². The number of aromatic nitrogens is 1. The predicted molar refractivity (Wildman–Crippen MR) is 89.8 cm³/mol. The molecule has 0 aromatic carbocycles. The number of carbonyl (C=O) groups is 1. The zero-order valence-corrected chi connectivity index (χ0v) is 15.1. The summed E-state index contributed by atoms with van der Waals surface area (Å²) in [5.41, 5.74) is -2.10. The van der Waals surface area contributed by atoms with E-state index in [-0.39, 0.29) is 5.03 Å². The number of amides is 1. The molecule has 1 aliphatic carbocycles. The van der Waals surface area contributed by atoms with Crippen LogP contribution in [0.2, 0.25) is 0 Å². The SMILES string of the molecule is COC1([n+]2ccccc2)C(Cl)=CC([O-])(C(=O)NCl)C=C1C=C(C)C. The van der Waals surface area contributed by atoms with Gasteiger partial charge in [-0.05, 0) is 13.8 Å². The first-order valence-electron chi connectivity index (χ1n) is 7.20. The highest BCUT2D eigenvalue weighted by molar-refractivity contribution is 6.31. The Morgan fingerprint density at radius 2 is 1.92 bits per heavy atom. The van der Waals surface area contributed by atoms with Gasteiger partial charge in [0.2, 0.25) is 5.91 Å². The Kier molecular flexibility index (Phi) is 5.50. The maximum absolute atomic E-state index is 12.9. The summed E-state index contributed by atoms with van der Waals surface area (Å²) in [5, 5.41) is 12.9. The van der Waals surface area contributed by atoms with Crippen molar-refractivity contribution in [3.8, 4) is 0 Å². The van der Waals surface area contributed by atoms with Crippen molar-refractivity contribution >= 4 is 29.3 Å². The van der Waals surface area contributed by atoms with Crippen LogP contribution in [0.3, 0.4) is 0 Å². The molecule has 0 spiro atoms. The van der Waals surface area contributed by atoms with Gasteiger partial charge in [-0.1, -0.05) is 41.5 Å². The van der Waals surface area contributed by atoms with Crippen LogP contribution in [0.5, 0.6) is 0 Å². The molecule has 0 saturated heterocycles. The van der Waals surface area contributed by atoms with Gasteiger partial charge >= 0.3 is 5.72 Å². The molecular formula is C17H18Cl2N2O3. The van der Waals surface area contributed by atoms with Crippen LogP contribution in [0, 0.1) is 0 Å². The van der Waals surface area contributed by atoms with E-state index in [2.05, 4.69) is 0 Å². The monoisotopic (exact) mass is 368 g/mol. The molecule has 0 saturated carbocycles. The molecule has 2 unspecified atom stereocenters. The van der Waals surface area contributed by atoms with E-state index in [0.29, 0.717) is 5.57 Å². The number of nitrogens with zero attached hydrogens (tertiary/aromatic N) is 1. The Hall–Kier alpha value is -1.66. The quantitative estimate of drug-likeness (QED) is 0.649. The van der Waals surface area contributed by atoms with E-state index in [9.17, 15) is 9.90 Å². The van der Waals surface area contributed by atoms with E-state index < -0.39 is 17.2 Å². The van der Waals surface area contributed by atoms with Crippen molar-refractivity contribution in [1.82, 2.24) is 4.84 Å². The first-order valence-corrected chi connectivity index (χ1v) is 7.96. The minimum atomic E-state index is -2.22. The third kappa shape index (κ3) is 3.13. The molecule has 0 bridgehead atoms. The number of rotatable bonds is 4. The van der Waals surface area contributed by atoms with Crippen molar-refractivity contribution < 1.29 is 19.2 Å². The van der Waals surface area contributed by atoms with Crippen molar-refractivity contribution in [3.63, 3.8) is 0 Å². The smallest absolute Gasteiger partial charge is 0.336 e. The molecule has 1 heterocycles. The molecule has 2 atom stereocenters. The van der Waals surface area contributed by atoms with E-state index in [0.717, 1.165) is 11.6 Å². The van der Waals surface area contributed by atoms with Crippen LogP contribution in [0.1, 0.15) is 13.8 Å². The third-order valence-electron chi connectivity index (χ3n) is 3.69. The van der Waals surface area contributed by atoms with Crippen LogP contribution < -0.4 is 14.5 Å². The fourth-order valence-corrected chi connectivity index (χ4v) is 3.25. The van der Waals surface area contributed by atoms with Gasteiger partial charge in [0.25, 0.3) is 0 Å². The van der Waals surface area contributed by atoms with E-state index in [1.165, 1.54) is 13.2 Å². The molecule has 1 aromatic heterocycles. The average molecular weight is 369 g/mol. The number of allylic oxidation sites excluding steroid dienone is 1. The van der Waals surface area contributed by atoms with Crippen LogP contribution in [-0.4, -0.2) is 18.6 Å². The molecule has 0 aliphatic heterocycles. The zero-order valence-electron chi connectivity index (χ0n) is 13.5. The number of carbonyl (C=O) groups excluding carboxylic acids is 1. The van der Waals surface area contributed by atoms with Gasteiger partial charge in [0.15, 0.2) is 12.4 Å². The van der Waals surface area contributed by atoms with Crippen molar-refractivity contribution in [2.24, 2.45) is 0 Å². The second kappa shape index (κ2) is 7.07. The number of nitrogens with one attached hydrogen (secondary N) is 1. The molecule has 2 rings (SSSR count). The van der Waals surface area contributed by atoms with Gasteiger partial charge in [-0.15, -0.1) is 0 Å². The molecule has 5 nitrogen and oxygen atoms in total. The standard InChI is InChI=1S/C17H18Cl2N2O3/c1-12(2)9-13-10-16(23,15(22)20-19)11-14(18)17(13,24-3)21-7-5-4-6-8-21/h4-11H,1-3H3,(H,20,22). The zero-order chi connectivity index (χ0) is 18.0. The lowest BCUT2D eigenvalue weighted by atomic mass is 9.85. The average Bonchev–Trinajstić information content (AvgIpc) is 2.54. The minimum Gasteiger partial charge on any atom is -0.836 e. The van der Waals surface area contributed by atoms with Crippen LogP contribution in [0.4, 0.5) is 0 Å². The first-order chi connectivity index (χ1) is 11.3. The number of pyridine rings is 1. The highest BCUT2D eigenvalue weighted by atomic mass is 35.5. The molecule has 0 radical (unpaired) electrons. The Morgan fingerprint density at radius 1 is 1.29 bits per heavy atom. The summed E-state index contributed by atoms with van der Waals surface area (Å²) < 4.78 is 7.48. The topological polar surface area (TPSA) is 65.3 Å². The Bertz CT molecular complexity index is 727. The number of hydrogen-bond donors (Lipinski definition) is 1. The summed E-state index contributed by atoms with van der Waals surface area (Å²) in [5.74, 6) is -0.912. The molecule has 1 aromatic rings. The molecular weight excluding hydrogens is 351 g/mol. The number of hydrogen-bond acceptors (Lipinski definition) is 3. The lowest BCUT2D eigenvalue weighted by Gasteiger charge is -2.40. The number of methoxy groups -OCH3 is 1. The van der Waals surface area contributed by atoms with Crippen LogP contribution >= 0.6 is 23.4 Å². The first kappa shape index (κ1) is 18.7. The third-order valence-corrected chi connectivity index (χ3v) is 4.22. The molecule has 1 amide bonds. The van der Waals surface area contributed by atoms with Crippen LogP contribution in [0.15, 0.2) is 65.0 Å². The fourth-order valence-electron chi connectivity index (χ4n) is 2.65. The van der Waals surface area contributed by atoms with Gasteiger partial charge < -0.3 is 9.84 Å². The number of halogens is 2. The molecule has 7 heteroatoms. The Balaban J connectivity index is 2.76. The van der Waals surface area contributed by atoms with Crippen LogP contribution in [-0.2, 0) is 15.3 Å². The van der Waals surface area contributed by atoms with Gasteiger partial charge in [0.1, 0.15) is 5.03 Å². The lowest BCUT2D eigenvalue weighted by molar-refractivity contribution is -0.785. The predicted octanol–water partition coefficient (Wildman–Crippen LogP) is 1.67. The minimum absolute atomic E-state index is 0.0754. The molecule has 128 valence electrons. The van der Waals surface area contributed by atoms with Crippen molar-refractivity contribution in [1.29, 1.82) is 0 Å². The summed E-state index contributed by atoms with van der Waals surface area (Å²) in [6, 6.07) is 5.48. The molecule has 1 aliphatic rings. The molecule has 1 N–H and O–H groups in total. The summed E-state index contributed by atoms with van der Waals surface area (Å²) in [4.78, 5) is 13.8. The lowest BCUT2D eigenvalue weighted by Crippen LogP contribution is -2.63. The van der Waals surface area contributed by atoms with Crippen molar-refractivity contribution in [2.75, 3.05) is 7.11 Å². The van der Waals surface area contributed by atoms with Gasteiger partial charge in [0, 0.05) is 36.6 Å². The normalized spacial score (nSPS) is 26.2. The summed E-state index contributed by atoms with van der Waals surface area (Å²) >= 11 is 11.8. The maximum Gasteiger partial charge on any atom is 0.336 e. The fraction of sp³-hybridized carbons (Fsp3) is 0.294. The van der Waals surface area contributed by atoms with Crippen LogP contribution in [0.25, 0.3) is 0 Å². The summed E-state index contributed by atoms with van der Waals surface area (Å²) in [6.45, 7) is 3.74. The van der Waals surface area contributed by atoms with E-state index in [1.807, 2.05) is 36.9 Å². The molecule has 24 heavy (non-hydrogen) atoms. The Labute approximate surface area is 151 Å². The van der Waals surface area contributed by atoms with Crippen molar-refractivity contribution in [2.45, 2.75) is 25.2 Å². The van der Waals surface area contributed by atoms with E-state index >= 15 is 0 Å². The largest absolute Gasteiger partial charge is 0.836 e. The van der Waals surface area contributed by atoms with Gasteiger partial charge in [-0.3, -0.25) is 9.63 Å². The maximum atomic E-state index is 12.9. The van der Waals surface area contributed by atoms with Crippen molar-refractivity contribution in [3.05, 3.63) is 65.0 Å². The van der Waals surface area contributed by atoms with Gasteiger partial charge in [-0.2, -0.15) is 4.57 Å². The summed E-state index contributed by atoms with van der Waals surface area (Å²) in [6.07, 6.45) is 7.68. The molecule has 0 fully saturated rings. The van der Waals surface area contributed by atoms with E-state index in [4.69, 9.17) is 28.1 Å². The second-order valence-corrected chi connectivity index (χ2v) is 6.26. The highest BCUT2D eigenvalue weighted by Gasteiger charge is 2.51. The van der Waals surface area contributed by atoms with Gasteiger partial charge in [0.05, 0.1) is 5.57 Å². The number of ether oxygens (including phenoxy) is 1. The Morgan fingerprint density at radius 3 is 2.42 bits per heavy atom. The van der Waals surface area contributed by atoms with Gasteiger partial charge in [-0.25, -0.2) is 0 Å². The second-order valence-electron chi connectivity index (χ2n) is 5.66. The summed E-state index contributed by atoms with van der Waals surface area (Å²) in [7, 11) is 1.49.